The smallest absolute Gasteiger partial charge is 0.306 e. The SMILES string of the molecule is CCNC(=NCCCC(=O)OC1CCCC1)NCCCOCC. The van der Waals surface area contributed by atoms with Gasteiger partial charge in [-0.1, -0.05) is 0 Å². The van der Waals surface area contributed by atoms with E-state index in [4.69, 9.17) is 9.47 Å². The second-order valence-electron chi connectivity index (χ2n) is 5.74. The molecule has 0 aromatic rings. The van der Waals surface area contributed by atoms with E-state index in [0.717, 1.165) is 57.9 Å². The summed E-state index contributed by atoms with van der Waals surface area (Å²) in [5.74, 6) is 0.718. The van der Waals surface area contributed by atoms with Crippen LogP contribution in [0.3, 0.4) is 0 Å². The lowest BCUT2D eigenvalue weighted by Crippen LogP contribution is -2.38. The Labute approximate surface area is 140 Å². The highest BCUT2D eigenvalue weighted by molar-refractivity contribution is 5.79. The van der Waals surface area contributed by atoms with E-state index in [1.54, 1.807) is 0 Å². The Morgan fingerprint density at radius 2 is 1.96 bits per heavy atom. The molecule has 0 unspecified atom stereocenters. The van der Waals surface area contributed by atoms with Crippen molar-refractivity contribution in [3.63, 3.8) is 0 Å². The molecule has 0 heterocycles. The summed E-state index contributed by atoms with van der Waals surface area (Å²) < 4.78 is 10.7. The highest BCUT2D eigenvalue weighted by Gasteiger charge is 2.18. The molecule has 0 spiro atoms. The number of ether oxygens (including phenoxy) is 2. The molecule has 0 radical (unpaired) electrons. The molecular formula is C17H33N3O3. The highest BCUT2D eigenvalue weighted by atomic mass is 16.5. The number of guanidine groups is 1. The van der Waals surface area contributed by atoms with Crippen LogP contribution in [0.15, 0.2) is 4.99 Å². The van der Waals surface area contributed by atoms with Crippen molar-refractivity contribution < 1.29 is 14.3 Å². The lowest BCUT2D eigenvalue weighted by Gasteiger charge is -2.12. The lowest BCUT2D eigenvalue weighted by molar-refractivity contribution is -0.148. The Morgan fingerprint density at radius 1 is 1.17 bits per heavy atom. The van der Waals surface area contributed by atoms with Gasteiger partial charge in [-0.25, -0.2) is 0 Å². The third-order valence-corrected chi connectivity index (χ3v) is 3.72. The van der Waals surface area contributed by atoms with E-state index < -0.39 is 0 Å². The van der Waals surface area contributed by atoms with Crippen LogP contribution in [0.1, 0.15) is 58.8 Å². The number of esters is 1. The fourth-order valence-corrected chi connectivity index (χ4v) is 2.53. The number of nitrogens with one attached hydrogen (secondary N) is 2. The topological polar surface area (TPSA) is 72.0 Å². The van der Waals surface area contributed by atoms with Gasteiger partial charge in [-0.3, -0.25) is 9.79 Å². The van der Waals surface area contributed by atoms with Crippen LogP contribution in [0.2, 0.25) is 0 Å². The third kappa shape index (κ3) is 10.2. The van der Waals surface area contributed by atoms with Gasteiger partial charge in [-0.15, -0.1) is 0 Å². The van der Waals surface area contributed by atoms with Crippen molar-refractivity contribution in [2.45, 2.75) is 64.9 Å². The highest BCUT2D eigenvalue weighted by Crippen LogP contribution is 2.21. The molecule has 0 aliphatic heterocycles. The molecule has 1 aliphatic rings. The Bertz CT molecular complexity index is 342. The molecule has 0 bridgehead atoms. The van der Waals surface area contributed by atoms with E-state index >= 15 is 0 Å². The van der Waals surface area contributed by atoms with Gasteiger partial charge in [0.1, 0.15) is 6.10 Å². The minimum absolute atomic E-state index is 0.0817. The quantitative estimate of drug-likeness (QED) is 0.263. The fourth-order valence-electron chi connectivity index (χ4n) is 2.53. The van der Waals surface area contributed by atoms with Gasteiger partial charge in [0.2, 0.25) is 0 Å². The summed E-state index contributed by atoms with van der Waals surface area (Å²) in [5.41, 5.74) is 0. The van der Waals surface area contributed by atoms with Crippen LogP contribution < -0.4 is 10.6 Å². The standard InChI is InChI=1S/C17H33N3O3/c1-3-18-17(20-13-8-14-22-4-2)19-12-7-11-16(21)23-15-9-5-6-10-15/h15H,3-14H2,1-2H3,(H2,18,19,20). The van der Waals surface area contributed by atoms with Crippen LogP contribution in [0.4, 0.5) is 0 Å². The van der Waals surface area contributed by atoms with Crippen molar-refractivity contribution in [2.24, 2.45) is 4.99 Å². The Hall–Kier alpha value is -1.30. The van der Waals surface area contributed by atoms with Crippen LogP contribution >= 0.6 is 0 Å². The first kappa shape index (κ1) is 19.7. The van der Waals surface area contributed by atoms with E-state index in [2.05, 4.69) is 15.6 Å². The minimum Gasteiger partial charge on any atom is -0.462 e. The summed E-state index contributed by atoms with van der Waals surface area (Å²) in [4.78, 5) is 16.2. The average molecular weight is 327 g/mol. The molecule has 0 amide bonds. The maximum Gasteiger partial charge on any atom is 0.306 e. The molecule has 0 atom stereocenters. The first-order chi connectivity index (χ1) is 11.3. The summed E-state index contributed by atoms with van der Waals surface area (Å²) >= 11 is 0. The molecule has 23 heavy (non-hydrogen) atoms. The third-order valence-electron chi connectivity index (χ3n) is 3.72. The molecule has 6 nitrogen and oxygen atoms in total. The normalized spacial score (nSPS) is 15.7. The zero-order valence-electron chi connectivity index (χ0n) is 14.7. The monoisotopic (exact) mass is 327 g/mol. The van der Waals surface area contributed by atoms with Crippen molar-refractivity contribution in [1.82, 2.24) is 10.6 Å². The van der Waals surface area contributed by atoms with Gasteiger partial charge in [0.25, 0.3) is 0 Å². The molecule has 0 aromatic heterocycles. The molecule has 1 aliphatic carbocycles. The number of hydrogen-bond acceptors (Lipinski definition) is 4. The Balaban J connectivity index is 2.13. The van der Waals surface area contributed by atoms with E-state index in [1.165, 1.54) is 12.8 Å². The van der Waals surface area contributed by atoms with Gasteiger partial charge in [0, 0.05) is 39.3 Å². The number of aliphatic imine (C=N–C) groups is 1. The predicted octanol–water partition coefficient (Wildman–Crippen LogP) is 2.23. The average Bonchev–Trinajstić information content (AvgIpc) is 3.04. The second kappa shape index (κ2) is 13.2. The Kier molecular flexibility index (Phi) is 11.3. The molecule has 1 saturated carbocycles. The van der Waals surface area contributed by atoms with Gasteiger partial charge >= 0.3 is 5.97 Å². The molecule has 134 valence electrons. The molecule has 1 fully saturated rings. The number of nitrogens with zero attached hydrogens (tertiary/aromatic N) is 1. The molecular weight excluding hydrogens is 294 g/mol. The zero-order chi connectivity index (χ0) is 16.8. The van der Waals surface area contributed by atoms with Gasteiger partial charge in [-0.05, 0) is 52.4 Å². The Morgan fingerprint density at radius 3 is 2.65 bits per heavy atom. The van der Waals surface area contributed by atoms with E-state index in [9.17, 15) is 4.79 Å². The maximum atomic E-state index is 11.7. The van der Waals surface area contributed by atoms with Gasteiger partial charge in [0.05, 0.1) is 0 Å². The second-order valence-corrected chi connectivity index (χ2v) is 5.74. The molecule has 6 heteroatoms. The number of rotatable bonds is 11. The lowest BCUT2D eigenvalue weighted by atomic mass is 10.3. The van der Waals surface area contributed by atoms with Gasteiger partial charge < -0.3 is 20.1 Å². The van der Waals surface area contributed by atoms with E-state index in [0.29, 0.717) is 13.0 Å². The van der Waals surface area contributed by atoms with Crippen molar-refractivity contribution in [3.8, 4) is 0 Å². The van der Waals surface area contributed by atoms with Crippen LogP contribution in [0.25, 0.3) is 0 Å². The summed E-state index contributed by atoms with van der Waals surface area (Å²) in [5, 5.41) is 6.47. The van der Waals surface area contributed by atoms with Crippen molar-refractivity contribution in [2.75, 3.05) is 32.8 Å². The molecule has 2 N–H and O–H groups in total. The fraction of sp³-hybridized carbons (Fsp3) is 0.882. The molecule has 0 saturated heterocycles. The maximum absolute atomic E-state index is 11.7. The van der Waals surface area contributed by atoms with Crippen molar-refractivity contribution in [1.29, 1.82) is 0 Å². The largest absolute Gasteiger partial charge is 0.462 e. The van der Waals surface area contributed by atoms with Gasteiger partial charge in [-0.2, -0.15) is 0 Å². The van der Waals surface area contributed by atoms with E-state index in [-0.39, 0.29) is 12.1 Å². The first-order valence-electron chi connectivity index (χ1n) is 9.05. The van der Waals surface area contributed by atoms with Crippen LogP contribution in [0, 0.1) is 0 Å². The zero-order valence-corrected chi connectivity index (χ0v) is 14.7. The summed E-state index contributed by atoms with van der Waals surface area (Å²) in [7, 11) is 0. The van der Waals surface area contributed by atoms with E-state index in [1.807, 2.05) is 13.8 Å². The summed E-state index contributed by atoms with van der Waals surface area (Å²) in [6.07, 6.45) is 6.71. The van der Waals surface area contributed by atoms with Crippen molar-refractivity contribution >= 4 is 11.9 Å². The van der Waals surface area contributed by atoms with Crippen LogP contribution in [-0.2, 0) is 14.3 Å². The summed E-state index contributed by atoms with van der Waals surface area (Å²) in [6.45, 7) is 7.82. The van der Waals surface area contributed by atoms with Crippen LogP contribution in [-0.4, -0.2) is 50.9 Å². The number of hydrogen-bond donors (Lipinski definition) is 2. The molecule has 1 rings (SSSR count). The minimum atomic E-state index is -0.0817. The predicted molar refractivity (Wildman–Crippen MR) is 92.7 cm³/mol. The molecule has 0 aromatic carbocycles. The number of carbonyl (C=O) groups excluding carboxylic acids is 1. The van der Waals surface area contributed by atoms with Crippen LogP contribution in [0.5, 0.6) is 0 Å². The first-order valence-corrected chi connectivity index (χ1v) is 9.05. The van der Waals surface area contributed by atoms with Crippen molar-refractivity contribution in [3.05, 3.63) is 0 Å². The summed E-state index contributed by atoms with van der Waals surface area (Å²) in [6, 6.07) is 0. The van der Waals surface area contributed by atoms with Gasteiger partial charge in [0.15, 0.2) is 5.96 Å². The number of carbonyl (C=O) groups is 1.